The van der Waals surface area contributed by atoms with E-state index in [1.165, 1.54) is 0 Å². The summed E-state index contributed by atoms with van der Waals surface area (Å²) in [4.78, 5) is 0. The molecule has 0 fully saturated rings. The molecule has 1 aromatic carbocycles. The third-order valence-corrected chi connectivity index (χ3v) is 2.35. The molecule has 14 heavy (non-hydrogen) atoms. The van der Waals surface area contributed by atoms with Gasteiger partial charge in [-0.1, -0.05) is 6.07 Å². The second-order valence-corrected chi connectivity index (χ2v) is 3.34. The fourth-order valence-corrected chi connectivity index (χ4v) is 1.27. The smallest absolute Gasteiger partial charge is 0.268 e. The molecule has 0 aliphatic carbocycles. The van der Waals surface area contributed by atoms with E-state index in [4.69, 9.17) is 5.11 Å². The topological polar surface area (TPSA) is 20.2 Å². The highest BCUT2D eigenvalue weighted by atomic mass is 79.9. The van der Waals surface area contributed by atoms with Crippen LogP contribution in [0.25, 0.3) is 0 Å². The van der Waals surface area contributed by atoms with Crippen LogP contribution in [-0.4, -0.2) is 11.5 Å². The summed E-state index contributed by atoms with van der Waals surface area (Å²) in [6, 6.07) is 1.58. The predicted molar refractivity (Wildman–Crippen MR) is 45.0 cm³/mol. The van der Waals surface area contributed by atoms with E-state index in [2.05, 4.69) is 15.9 Å². The zero-order valence-electron chi connectivity index (χ0n) is 6.65. The first-order chi connectivity index (χ1) is 6.45. The summed E-state index contributed by atoms with van der Waals surface area (Å²) in [7, 11) is 0. The van der Waals surface area contributed by atoms with Crippen LogP contribution < -0.4 is 0 Å². The van der Waals surface area contributed by atoms with Crippen LogP contribution in [0, 0.1) is 11.6 Å². The van der Waals surface area contributed by atoms with E-state index < -0.39 is 34.2 Å². The first-order valence-electron chi connectivity index (χ1n) is 3.54. The second-order valence-electron chi connectivity index (χ2n) is 2.54. The predicted octanol–water partition coefficient (Wildman–Crippen LogP) is 3.03. The van der Waals surface area contributed by atoms with Crippen molar-refractivity contribution >= 4 is 15.9 Å². The van der Waals surface area contributed by atoms with Gasteiger partial charge < -0.3 is 5.11 Å². The molecule has 0 spiro atoms. The van der Waals surface area contributed by atoms with Crippen LogP contribution in [0.3, 0.4) is 0 Å². The van der Waals surface area contributed by atoms with Gasteiger partial charge in [0.25, 0.3) is 6.43 Å². The Hall–Kier alpha value is -0.620. The summed E-state index contributed by atoms with van der Waals surface area (Å²) in [5.74, 6) is -2.12. The minimum atomic E-state index is -3.11. The molecule has 0 bridgehead atoms. The highest BCUT2D eigenvalue weighted by molar-refractivity contribution is 9.10. The molecule has 0 saturated heterocycles. The number of halogens is 5. The monoisotopic (exact) mass is 272 g/mol. The molecule has 0 radical (unpaired) electrons. The third-order valence-electron chi connectivity index (χ3n) is 1.62. The van der Waals surface area contributed by atoms with Crippen molar-refractivity contribution in [3.05, 3.63) is 33.8 Å². The zero-order chi connectivity index (χ0) is 10.9. The summed E-state index contributed by atoms with van der Waals surface area (Å²) in [6.07, 6.45) is -5.35. The van der Waals surface area contributed by atoms with Crippen molar-refractivity contribution in [1.82, 2.24) is 0 Å². The molecule has 0 aliphatic rings. The van der Waals surface area contributed by atoms with Crippen molar-refractivity contribution in [2.75, 3.05) is 0 Å². The maximum Gasteiger partial charge on any atom is 0.268 e. The Morgan fingerprint density at radius 1 is 1.21 bits per heavy atom. The molecule has 1 nitrogen and oxygen atoms in total. The van der Waals surface area contributed by atoms with Crippen LogP contribution in [0.15, 0.2) is 16.6 Å². The van der Waals surface area contributed by atoms with Crippen LogP contribution in [0.2, 0.25) is 0 Å². The lowest BCUT2D eigenvalue weighted by Crippen LogP contribution is -2.10. The summed E-state index contributed by atoms with van der Waals surface area (Å²) >= 11 is 2.54. The van der Waals surface area contributed by atoms with Crippen molar-refractivity contribution in [3.63, 3.8) is 0 Å². The van der Waals surface area contributed by atoms with Gasteiger partial charge in [-0.25, -0.2) is 17.6 Å². The number of benzene rings is 1. The molecule has 78 valence electrons. The number of hydrogen-bond acceptors (Lipinski definition) is 1. The van der Waals surface area contributed by atoms with Gasteiger partial charge in [-0.3, -0.25) is 0 Å². The number of rotatable bonds is 2. The lowest BCUT2D eigenvalue weighted by Gasteiger charge is -2.11. The Kier molecular flexibility index (Phi) is 3.49. The van der Waals surface area contributed by atoms with Gasteiger partial charge in [-0.2, -0.15) is 0 Å². The van der Waals surface area contributed by atoms with Crippen molar-refractivity contribution in [2.45, 2.75) is 12.5 Å². The van der Waals surface area contributed by atoms with Crippen LogP contribution in [0.1, 0.15) is 11.7 Å². The molecule has 1 atom stereocenters. The first-order valence-corrected chi connectivity index (χ1v) is 4.34. The van der Waals surface area contributed by atoms with Crippen LogP contribution in [0.5, 0.6) is 0 Å². The standard InChI is InChI=1S/C8H5BrF4O/c9-5-4(10)2-1-3(6(5)11)7(14)8(12)13/h1-2,7-8,14H. The van der Waals surface area contributed by atoms with Gasteiger partial charge >= 0.3 is 0 Å². The average molecular weight is 273 g/mol. The van der Waals surface area contributed by atoms with Crippen molar-refractivity contribution in [2.24, 2.45) is 0 Å². The van der Waals surface area contributed by atoms with Crippen LogP contribution in [0.4, 0.5) is 17.6 Å². The van der Waals surface area contributed by atoms with Crippen molar-refractivity contribution in [3.8, 4) is 0 Å². The molecule has 0 aliphatic heterocycles. The Morgan fingerprint density at radius 2 is 1.79 bits per heavy atom. The van der Waals surface area contributed by atoms with E-state index in [9.17, 15) is 17.6 Å². The normalized spacial score (nSPS) is 13.4. The van der Waals surface area contributed by atoms with E-state index in [0.717, 1.165) is 12.1 Å². The minimum absolute atomic E-state index is 0.560. The molecule has 0 aromatic heterocycles. The highest BCUT2D eigenvalue weighted by Crippen LogP contribution is 2.29. The summed E-state index contributed by atoms with van der Waals surface area (Å²) in [5, 5.41) is 8.86. The lowest BCUT2D eigenvalue weighted by molar-refractivity contribution is -0.00784. The number of alkyl halides is 2. The van der Waals surface area contributed by atoms with Crippen LogP contribution in [-0.2, 0) is 0 Å². The molecule has 0 heterocycles. The first kappa shape index (κ1) is 11.5. The molecule has 1 rings (SSSR count). The fraction of sp³-hybridized carbons (Fsp3) is 0.250. The fourth-order valence-electron chi connectivity index (χ4n) is 0.905. The molecule has 6 heteroatoms. The summed E-state index contributed by atoms with van der Waals surface area (Å²) < 4.78 is 49.2. The maximum atomic E-state index is 13.1. The minimum Gasteiger partial charge on any atom is -0.382 e. The van der Waals surface area contributed by atoms with Gasteiger partial charge in [0.1, 0.15) is 17.7 Å². The molecule has 0 saturated carbocycles. The molecule has 1 N–H and O–H groups in total. The number of aliphatic hydroxyl groups excluding tert-OH is 1. The summed E-state index contributed by atoms with van der Waals surface area (Å²) in [5.41, 5.74) is -0.631. The van der Waals surface area contributed by atoms with Crippen LogP contribution >= 0.6 is 15.9 Å². The Labute approximate surface area is 85.5 Å². The molecule has 0 amide bonds. The molecular formula is C8H5BrF4O. The average Bonchev–Trinajstić information content (AvgIpc) is 2.13. The lowest BCUT2D eigenvalue weighted by atomic mass is 10.1. The Morgan fingerprint density at radius 3 is 2.29 bits per heavy atom. The zero-order valence-corrected chi connectivity index (χ0v) is 8.23. The van der Waals surface area contributed by atoms with E-state index in [-0.39, 0.29) is 0 Å². The molecular weight excluding hydrogens is 268 g/mol. The SMILES string of the molecule is OC(c1ccc(F)c(Br)c1F)C(F)F. The molecule has 1 aromatic rings. The third kappa shape index (κ3) is 2.06. The van der Waals surface area contributed by atoms with Gasteiger partial charge in [0, 0.05) is 5.56 Å². The Balaban J connectivity index is 3.17. The van der Waals surface area contributed by atoms with Gasteiger partial charge in [-0.15, -0.1) is 0 Å². The number of hydrogen-bond donors (Lipinski definition) is 1. The quantitative estimate of drug-likeness (QED) is 0.648. The van der Waals surface area contributed by atoms with Gasteiger partial charge in [0.15, 0.2) is 0 Å². The van der Waals surface area contributed by atoms with E-state index in [1.54, 1.807) is 0 Å². The van der Waals surface area contributed by atoms with Gasteiger partial charge in [-0.05, 0) is 22.0 Å². The largest absolute Gasteiger partial charge is 0.382 e. The Bertz CT molecular complexity index is 342. The second kappa shape index (κ2) is 4.27. The van der Waals surface area contributed by atoms with E-state index in [1.807, 2.05) is 0 Å². The van der Waals surface area contributed by atoms with Crippen molar-refractivity contribution in [1.29, 1.82) is 0 Å². The molecule has 1 unspecified atom stereocenters. The van der Waals surface area contributed by atoms with Crippen molar-refractivity contribution < 1.29 is 22.7 Å². The van der Waals surface area contributed by atoms with Gasteiger partial charge in [0.05, 0.1) is 4.47 Å². The maximum absolute atomic E-state index is 13.1. The number of aliphatic hydroxyl groups is 1. The van der Waals surface area contributed by atoms with E-state index in [0.29, 0.717) is 0 Å². The summed E-state index contributed by atoms with van der Waals surface area (Å²) in [6.45, 7) is 0. The van der Waals surface area contributed by atoms with Gasteiger partial charge in [0.2, 0.25) is 0 Å². The highest BCUT2D eigenvalue weighted by Gasteiger charge is 2.24. The van der Waals surface area contributed by atoms with E-state index >= 15 is 0 Å².